The third kappa shape index (κ3) is 28.0. The summed E-state index contributed by atoms with van der Waals surface area (Å²) in [5, 5.41) is 3.05. The molecule has 0 aromatic heterocycles. The van der Waals surface area contributed by atoms with Crippen LogP contribution in [0.15, 0.2) is 0 Å². The van der Waals surface area contributed by atoms with E-state index in [1.165, 1.54) is 77.0 Å². The predicted molar refractivity (Wildman–Crippen MR) is 114 cm³/mol. The van der Waals surface area contributed by atoms with Gasteiger partial charge in [-0.2, -0.15) is 0 Å². The quantitative estimate of drug-likeness (QED) is 0.273. The molecule has 27 heavy (non-hydrogen) atoms. The number of amides is 1. The highest BCUT2D eigenvalue weighted by molar-refractivity contribution is 5.75. The minimum absolute atomic E-state index is 0. The molecule has 0 saturated heterocycles. The van der Waals surface area contributed by atoms with Crippen LogP contribution in [0.1, 0.15) is 103 Å². The van der Waals surface area contributed by atoms with E-state index in [4.69, 9.17) is 0 Å². The minimum atomic E-state index is 0. The molecule has 0 aliphatic carbocycles. The van der Waals surface area contributed by atoms with Crippen molar-refractivity contribution in [3.63, 3.8) is 0 Å². The lowest BCUT2D eigenvalue weighted by atomic mass is 10.0. The van der Waals surface area contributed by atoms with Crippen molar-refractivity contribution in [2.75, 3.05) is 34.2 Å². The van der Waals surface area contributed by atoms with Gasteiger partial charge in [0.15, 0.2) is 0 Å². The molecule has 0 radical (unpaired) electrons. The molecule has 0 fully saturated rings. The second-order valence-electron chi connectivity index (χ2n) is 8.71. The van der Waals surface area contributed by atoms with E-state index in [2.05, 4.69) is 33.4 Å². The monoisotopic (exact) mass is 408 g/mol. The fourth-order valence-electron chi connectivity index (χ4n) is 3.17. The van der Waals surface area contributed by atoms with Crippen LogP contribution in [0.5, 0.6) is 0 Å². The smallest absolute Gasteiger partial charge is 0.219 e. The van der Waals surface area contributed by atoms with Crippen molar-refractivity contribution in [1.29, 1.82) is 0 Å². The Bertz CT molecular complexity index is 307. The van der Waals surface area contributed by atoms with E-state index in [1.54, 1.807) is 0 Å². The van der Waals surface area contributed by atoms with Gasteiger partial charge in [0.2, 0.25) is 5.91 Å². The maximum atomic E-state index is 11.8. The van der Waals surface area contributed by atoms with E-state index in [0.717, 1.165) is 30.4 Å². The topological polar surface area (TPSA) is 60.6 Å². The summed E-state index contributed by atoms with van der Waals surface area (Å²) in [6.45, 7) is 4.21. The molecule has 1 amide bonds. The summed E-state index contributed by atoms with van der Waals surface area (Å²) < 4.78 is 0.967. The Morgan fingerprint density at radius 2 is 1.11 bits per heavy atom. The second-order valence-corrected chi connectivity index (χ2v) is 8.71. The number of hydrogen-bond acceptors (Lipinski definition) is 1. The highest BCUT2D eigenvalue weighted by Crippen LogP contribution is 2.12. The van der Waals surface area contributed by atoms with Crippen LogP contribution in [0.2, 0.25) is 0 Å². The summed E-state index contributed by atoms with van der Waals surface area (Å²) in [5.41, 5.74) is 0. The van der Waals surface area contributed by atoms with E-state index in [9.17, 15) is 4.79 Å². The van der Waals surface area contributed by atoms with Gasteiger partial charge in [0.05, 0.1) is 27.7 Å². The number of nitrogens with one attached hydrogen (secondary N) is 1. The highest BCUT2D eigenvalue weighted by atomic mass is 35.5. The minimum Gasteiger partial charge on any atom is -1.00 e. The normalized spacial score (nSPS) is 10.8. The largest absolute Gasteiger partial charge is 1.00 e. The van der Waals surface area contributed by atoms with Gasteiger partial charge in [-0.25, -0.2) is 0 Å². The van der Waals surface area contributed by atoms with Crippen LogP contribution in [-0.4, -0.2) is 50.1 Å². The number of carbonyl (C=O) groups excluding carboxylic acids is 1. The summed E-state index contributed by atoms with van der Waals surface area (Å²) in [7, 11) is 6.57. The zero-order chi connectivity index (χ0) is 18.8. The molecule has 0 heterocycles. The molecule has 5 heteroatoms. The Morgan fingerprint density at radius 1 is 0.704 bits per heavy atom. The fourth-order valence-corrected chi connectivity index (χ4v) is 3.17. The molecule has 0 unspecified atom stereocenters. The molecule has 0 spiro atoms. The molecule has 0 aliphatic rings. The molecule has 0 bridgehead atoms. The molecule has 0 atom stereocenters. The zero-order valence-corrected chi connectivity index (χ0v) is 19.5. The van der Waals surface area contributed by atoms with Gasteiger partial charge < -0.3 is 27.7 Å². The standard InChI is InChI=1S/C22H46N2O.ClH.H2O/c1-5-6-7-8-9-10-11-12-13-14-15-16-17-19-22(25)23-20-18-21-24(2,3)4;;/h5-21H2,1-4H3;1H;1H2. The Hall–Kier alpha value is -0.320. The van der Waals surface area contributed by atoms with E-state index in [0.29, 0.717) is 6.42 Å². The van der Waals surface area contributed by atoms with Gasteiger partial charge in [-0.3, -0.25) is 4.79 Å². The first-order valence-corrected chi connectivity index (χ1v) is 11.0. The van der Waals surface area contributed by atoms with Crippen molar-refractivity contribution in [3.8, 4) is 0 Å². The van der Waals surface area contributed by atoms with Crippen LogP contribution >= 0.6 is 0 Å². The fraction of sp³-hybridized carbons (Fsp3) is 0.955. The second kappa shape index (κ2) is 22.0. The Labute approximate surface area is 176 Å². The van der Waals surface area contributed by atoms with Gasteiger partial charge in [0.25, 0.3) is 0 Å². The zero-order valence-electron chi connectivity index (χ0n) is 18.8. The summed E-state index contributed by atoms with van der Waals surface area (Å²) in [5.74, 6) is 0.240. The average Bonchev–Trinajstić information content (AvgIpc) is 2.55. The van der Waals surface area contributed by atoms with Crippen LogP contribution in [0, 0.1) is 0 Å². The SMILES string of the molecule is CCCCCCCCCCCCCCCC(=O)NCCC[N+](C)(C)C.O.[Cl-]. The van der Waals surface area contributed by atoms with E-state index < -0.39 is 0 Å². The maximum Gasteiger partial charge on any atom is 0.219 e. The van der Waals surface area contributed by atoms with Crippen molar-refractivity contribution in [1.82, 2.24) is 5.32 Å². The van der Waals surface area contributed by atoms with Crippen LogP contribution in [-0.2, 0) is 4.79 Å². The molecule has 3 N–H and O–H groups in total. The molecule has 166 valence electrons. The lowest BCUT2D eigenvalue weighted by Crippen LogP contribution is -3.00. The first kappa shape index (κ1) is 31.4. The molecule has 0 aromatic rings. The summed E-state index contributed by atoms with van der Waals surface area (Å²) in [4.78, 5) is 11.8. The maximum absolute atomic E-state index is 11.8. The Balaban J connectivity index is -0.00000288. The van der Waals surface area contributed by atoms with Crippen molar-refractivity contribution in [2.45, 2.75) is 103 Å². The van der Waals surface area contributed by atoms with Gasteiger partial charge in [0, 0.05) is 19.4 Å². The van der Waals surface area contributed by atoms with E-state index in [1.807, 2.05) is 0 Å². The van der Waals surface area contributed by atoms with Crippen LogP contribution in [0.3, 0.4) is 0 Å². The van der Waals surface area contributed by atoms with Gasteiger partial charge in [-0.1, -0.05) is 84.0 Å². The third-order valence-corrected chi connectivity index (χ3v) is 4.84. The number of quaternary nitrogens is 1. The van der Waals surface area contributed by atoms with Crippen molar-refractivity contribution >= 4 is 5.91 Å². The summed E-state index contributed by atoms with van der Waals surface area (Å²) in [6, 6.07) is 0. The molecular formula is C22H49ClN2O2. The molecule has 4 nitrogen and oxygen atoms in total. The lowest BCUT2D eigenvalue weighted by molar-refractivity contribution is -0.870. The average molecular weight is 409 g/mol. The number of nitrogens with zero attached hydrogens (tertiary/aromatic N) is 1. The van der Waals surface area contributed by atoms with Crippen molar-refractivity contribution < 1.29 is 27.2 Å². The Kier molecular flexibility index (Phi) is 25.5. The third-order valence-electron chi connectivity index (χ3n) is 4.84. The first-order chi connectivity index (χ1) is 12.0. The van der Waals surface area contributed by atoms with Crippen molar-refractivity contribution in [3.05, 3.63) is 0 Å². The van der Waals surface area contributed by atoms with Crippen LogP contribution in [0.25, 0.3) is 0 Å². The van der Waals surface area contributed by atoms with Gasteiger partial charge in [0.1, 0.15) is 0 Å². The first-order valence-electron chi connectivity index (χ1n) is 11.0. The van der Waals surface area contributed by atoms with Crippen molar-refractivity contribution in [2.24, 2.45) is 0 Å². The van der Waals surface area contributed by atoms with Gasteiger partial charge in [-0.15, -0.1) is 0 Å². The molecular weight excluding hydrogens is 360 g/mol. The summed E-state index contributed by atoms with van der Waals surface area (Å²) >= 11 is 0. The number of carbonyl (C=O) groups is 1. The van der Waals surface area contributed by atoms with Crippen LogP contribution in [0.4, 0.5) is 0 Å². The highest BCUT2D eigenvalue weighted by Gasteiger charge is 2.06. The lowest BCUT2D eigenvalue weighted by Gasteiger charge is -2.23. The van der Waals surface area contributed by atoms with Gasteiger partial charge >= 0.3 is 0 Å². The van der Waals surface area contributed by atoms with Gasteiger partial charge in [-0.05, 0) is 6.42 Å². The molecule has 0 rings (SSSR count). The number of hydrogen-bond donors (Lipinski definition) is 1. The molecule has 0 aromatic carbocycles. The van der Waals surface area contributed by atoms with E-state index >= 15 is 0 Å². The molecule has 0 aliphatic heterocycles. The predicted octanol–water partition coefficient (Wildman–Crippen LogP) is 1.86. The van der Waals surface area contributed by atoms with Crippen LogP contribution < -0.4 is 17.7 Å². The summed E-state index contributed by atoms with van der Waals surface area (Å²) in [6.07, 6.45) is 19.4. The number of halogens is 1. The number of rotatable bonds is 18. The Morgan fingerprint density at radius 3 is 1.52 bits per heavy atom. The molecule has 0 saturated carbocycles. The van der Waals surface area contributed by atoms with E-state index in [-0.39, 0.29) is 23.8 Å². The number of unbranched alkanes of at least 4 members (excludes halogenated alkanes) is 12.